The van der Waals surface area contributed by atoms with Crippen molar-refractivity contribution in [2.24, 2.45) is 5.10 Å². The zero-order valence-corrected chi connectivity index (χ0v) is 18.1. The zero-order valence-electron chi connectivity index (χ0n) is 16.5. The third-order valence-electron chi connectivity index (χ3n) is 5.48. The van der Waals surface area contributed by atoms with Gasteiger partial charge in [-0.15, -0.1) is 0 Å². The molecule has 0 aliphatic carbocycles. The maximum absolute atomic E-state index is 12.2. The van der Waals surface area contributed by atoms with Crippen LogP contribution in [0.4, 0.5) is 5.69 Å². The molecular weight excluding hydrogens is 402 g/mol. The predicted octanol–water partition coefficient (Wildman–Crippen LogP) is 5.24. The molecular formula is C22H26BrN3O. The van der Waals surface area contributed by atoms with Crippen molar-refractivity contribution in [1.29, 1.82) is 0 Å². The molecule has 1 amide bonds. The molecule has 27 heavy (non-hydrogen) atoms. The van der Waals surface area contributed by atoms with Crippen LogP contribution >= 0.6 is 15.9 Å². The second-order valence-corrected chi connectivity index (χ2v) is 8.87. The fourth-order valence-corrected chi connectivity index (χ4v) is 4.13. The van der Waals surface area contributed by atoms with E-state index in [0.29, 0.717) is 11.5 Å². The molecule has 4 nitrogen and oxygen atoms in total. The Morgan fingerprint density at radius 2 is 2.07 bits per heavy atom. The summed E-state index contributed by atoms with van der Waals surface area (Å²) in [5.41, 5.74) is 8.12. The molecule has 5 heteroatoms. The molecule has 0 aromatic heterocycles. The lowest BCUT2D eigenvalue weighted by atomic mass is 9.79. The Hall–Kier alpha value is -2.14. The first-order valence-corrected chi connectivity index (χ1v) is 9.95. The van der Waals surface area contributed by atoms with Gasteiger partial charge >= 0.3 is 0 Å². The summed E-state index contributed by atoms with van der Waals surface area (Å²) in [5, 5.41) is 4.18. The Balaban J connectivity index is 1.81. The molecule has 2 aromatic rings. The van der Waals surface area contributed by atoms with E-state index in [1.54, 1.807) is 18.3 Å². The van der Waals surface area contributed by atoms with Gasteiger partial charge in [0.25, 0.3) is 5.91 Å². The highest BCUT2D eigenvalue weighted by Gasteiger charge is 2.34. The van der Waals surface area contributed by atoms with Gasteiger partial charge in [0.15, 0.2) is 0 Å². The number of carbonyl (C=O) groups is 1. The van der Waals surface area contributed by atoms with Gasteiger partial charge in [-0.3, -0.25) is 4.79 Å². The second-order valence-electron chi connectivity index (χ2n) is 7.95. The van der Waals surface area contributed by atoms with Crippen LogP contribution in [0.3, 0.4) is 0 Å². The molecule has 0 saturated carbocycles. The minimum atomic E-state index is -0.224. The maximum Gasteiger partial charge on any atom is 0.271 e. The van der Waals surface area contributed by atoms with Crippen molar-refractivity contribution in [3.63, 3.8) is 0 Å². The summed E-state index contributed by atoms with van der Waals surface area (Å²) >= 11 is 3.38. The number of hydrogen-bond donors (Lipinski definition) is 1. The van der Waals surface area contributed by atoms with Gasteiger partial charge in [-0.2, -0.15) is 5.10 Å². The summed E-state index contributed by atoms with van der Waals surface area (Å²) in [4.78, 5) is 14.6. The number of hydrazone groups is 1. The van der Waals surface area contributed by atoms with E-state index >= 15 is 0 Å². The highest BCUT2D eigenvalue weighted by molar-refractivity contribution is 9.10. The Bertz CT molecular complexity index is 904. The van der Waals surface area contributed by atoms with Crippen LogP contribution in [-0.2, 0) is 0 Å². The van der Waals surface area contributed by atoms with Crippen molar-refractivity contribution < 1.29 is 4.79 Å². The number of nitrogens with one attached hydrogen (secondary N) is 1. The minimum Gasteiger partial charge on any atom is -0.369 e. The van der Waals surface area contributed by atoms with Crippen LogP contribution in [0.5, 0.6) is 0 Å². The number of hydrogen-bond acceptors (Lipinski definition) is 3. The topological polar surface area (TPSA) is 44.7 Å². The van der Waals surface area contributed by atoms with E-state index in [2.05, 4.69) is 78.2 Å². The quantitative estimate of drug-likeness (QED) is 0.537. The summed E-state index contributed by atoms with van der Waals surface area (Å²) in [5.74, 6) is 0.258. The van der Waals surface area contributed by atoms with Crippen LogP contribution in [0.15, 0.2) is 46.0 Å². The molecule has 0 radical (unpaired) electrons. The van der Waals surface area contributed by atoms with Crippen molar-refractivity contribution in [3.05, 3.63) is 63.1 Å². The molecule has 1 aliphatic heterocycles. The van der Waals surface area contributed by atoms with Crippen LogP contribution in [0.25, 0.3) is 0 Å². The first kappa shape index (κ1) is 19.6. The number of rotatable bonds is 3. The summed E-state index contributed by atoms with van der Waals surface area (Å²) in [6.45, 7) is 8.93. The van der Waals surface area contributed by atoms with Gasteiger partial charge in [0.05, 0.1) is 6.21 Å². The van der Waals surface area contributed by atoms with Gasteiger partial charge < -0.3 is 4.90 Å². The van der Waals surface area contributed by atoms with Crippen LogP contribution in [0.2, 0.25) is 0 Å². The number of aryl methyl sites for hydroxylation is 1. The Morgan fingerprint density at radius 1 is 1.33 bits per heavy atom. The molecule has 0 bridgehead atoms. The molecule has 1 N–H and O–H groups in total. The maximum atomic E-state index is 12.2. The number of anilines is 1. The van der Waals surface area contributed by atoms with Crippen LogP contribution in [-0.4, -0.2) is 24.7 Å². The molecule has 0 spiro atoms. The highest BCUT2D eigenvalue weighted by atomic mass is 79.9. The lowest BCUT2D eigenvalue weighted by Gasteiger charge is -2.45. The molecule has 1 aliphatic rings. The van der Waals surface area contributed by atoms with E-state index in [4.69, 9.17) is 0 Å². The minimum absolute atomic E-state index is 0.145. The fourth-order valence-electron chi connectivity index (χ4n) is 3.73. The van der Waals surface area contributed by atoms with Crippen molar-refractivity contribution in [2.75, 3.05) is 11.9 Å². The predicted molar refractivity (Wildman–Crippen MR) is 116 cm³/mol. The van der Waals surface area contributed by atoms with Crippen molar-refractivity contribution in [2.45, 2.75) is 45.6 Å². The molecule has 1 heterocycles. The summed E-state index contributed by atoms with van der Waals surface area (Å²) < 4.78 is 0.866. The fraction of sp³-hybridized carbons (Fsp3) is 0.364. The van der Waals surface area contributed by atoms with Crippen LogP contribution in [0, 0.1) is 6.92 Å². The Kier molecular flexibility index (Phi) is 5.43. The molecule has 1 atom stereocenters. The largest absolute Gasteiger partial charge is 0.369 e. The van der Waals surface area contributed by atoms with E-state index in [-0.39, 0.29) is 11.4 Å². The number of benzene rings is 2. The van der Waals surface area contributed by atoms with Crippen molar-refractivity contribution in [1.82, 2.24) is 5.43 Å². The lowest BCUT2D eigenvalue weighted by molar-refractivity contribution is 0.0955. The van der Waals surface area contributed by atoms with E-state index in [1.165, 1.54) is 11.3 Å². The Labute approximate surface area is 169 Å². The average molecular weight is 428 g/mol. The van der Waals surface area contributed by atoms with Gasteiger partial charge in [0.1, 0.15) is 0 Å². The first-order valence-electron chi connectivity index (χ1n) is 9.16. The SMILES string of the molecule is Cc1cc2c(cc1/C=N\NC(=O)c1cccc(Br)c1)C(C)CC(C)(C)N2C. The van der Waals surface area contributed by atoms with E-state index in [1.807, 2.05) is 12.1 Å². The van der Waals surface area contributed by atoms with Crippen molar-refractivity contribution >= 4 is 33.7 Å². The Morgan fingerprint density at radius 3 is 2.78 bits per heavy atom. The smallest absolute Gasteiger partial charge is 0.271 e. The average Bonchev–Trinajstić information content (AvgIpc) is 2.60. The van der Waals surface area contributed by atoms with Gasteiger partial charge in [0, 0.05) is 28.3 Å². The third kappa shape index (κ3) is 4.08. The zero-order chi connectivity index (χ0) is 19.8. The number of amides is 1. The molecule has 1 unspecified atom stereocenters. The number of halogens is 1. The van der Waals surface area contributed by atoms with Gasteiger partial charge in [-0.05, 0) is 80.1 Å². The molecule has 0 fully saturated rings. The number of carbonyl (C=O) groups excluding carboxylic acids is 1. The van der Waals surface area contributed by atoms with Crippen LogP contribution < -0.4 is 10.3 Å². The molecule has 142 valence electrons. The lowest BCUT2D eigenvalue weighted by Crippen LogP contribution is -2.45. The van der Waals surface area contributed by atoms with Crippen molar-refractivity contribution in [3.8, 4) is 0 Å². The van der Waals surface area contributed by atoms with Gasteiger partial charge in [-0.25, -0.2) is 5.43 Å². The summed E-state index contributed by atoms with van der Waals surface area (Å²) in [6, 6.07) is 11.7. The highest BCUT2D eigenvalue weighted by Crippen LogP contribution is 2.43. The van der Waals surface area contributed by atoms with Gasteiger partial charge in [-0.1, -0.05) is 28.9 Å². The number of fused-ring (bicyclic) bond motifs is 1. The molecule has 3 rings (SSSR count). The third-order valence-corrected chi connectivity index (χ3v) is 5.97. The standard InChI is InChI=1S/C22H26BrN3O/c1-14-9-20-19(15(2)12-22(3,4)26(20)5)11-17(14)13-24-25-21(27)16-7-6-8-18(23)10-16/h6-11,13,15H,12H2,1-5H3,(H,25,27)/b24-13-. The normalized spacial score (nSPS) is 18.4. The monoisotopic (exact) mass is 427 g/mol. The molecule has 2 aromatic carbocycles. The van der Waals surface area contributed by atoms with E-state index < -0.39 is 0 Å². The summed E-state index contributed by atoms with van der Waals surface area (Å²) in [7, 11) is 2.16. The van der Waals surface area contributed by atoms with Gasteiger partial charge in [0.2, 0.25) is 0 Å². The van der Waals surface area contributed by atoms with E-state index in [0.717, 1.165) is 22.0 Å². The number of nitrogens with zero attached hydrogens (tertiary/aromatic N) is 2. The summed E-state index contributed by atoms with van der Waals surface area (Å²) in [6.07, 6.45) is 2.84. The first-order chi connectivity index (χ1) is 12.7. The molecule has 0 saturated heterocycles. The van der Waals surface area contributed by atoms with Crippen LogP contribution in [0.1, 0.15) is 60.2 Å². The van der Waals surface area contributed by atoms with E-state index in [9.17, 15) is 4.79 Å². The second kappa shape index (κ2) is 7.47.